The van der Waals surface area contributed by atoms with Crippen LogP contribution >= 0.6 is 0 Å². The monoisotopic (exact) mass is 361 g/mol. The standard InChI is InChI=1S/C17H19N3O6/c1-10-13(9-19-20-18)25-16(12(21)8-14(22)24-2)15(10)26-17(23)11-6-4-3-5-7-11/h3-7,10,13,15-16H,8-9H2,1-2H3/t10-,13-,15-,16+/m1/s1. The SMILES string of the molecule is COC(=O)CC(=O)[C@@H]1O[C@H](CN=[N+]=[N-])[C@@H](C)[C@H]1OC(=O)c1ccccc1. The number of ether oxygens (including phenoxy) is 3. The predicted molar refractivity (Wildman–Crippen MR) is 89.1 cm³/mol. The number of azide groups is 1. The Morgan fingerprint density at radius 3 is 2.58 bits per heavy atom. The Morgan fingerprint density at radius 2 is 1.96 bits per heavy atom. The minimum absolute atomic E-state index is 0.0148. The number of nitrogens with zero attached hydrogens (tertiary/aromatic N) is 3. The molecular formula is C17H19N3O6. The van der Waals surface area contributed by atoms with E-state index in [4.69, 9.17) is 15.0 Å². The molecule has 0 radical (unpaired) electrons. The van der Waals surface area contributed by atoms with Crippen LogP contribution in [0.15, 0.2) is 35.4 Å². The van der Waals surface area contributed by atoms with Crippen LogP contribution in [-0.4, -0.2) is 49.7 Å². The number of carbonyl (C=O) groups is 3. The molecular weight excluding hydrogens is 342 g/mol. The summed E-state index contributed by atoms with van der Waals surface area (Å²) in [6, 6.07) is 8.32. The molecule has 4 atom stereocenters. The Balaban J connectivity index is 2.18. The Hall–Kier alpha value is -2.90. The second-order valence-corrected chi connectivity index (χ2v) is 5.82. The summed E-state index contributed by atoms with van der Waals surface area (Å²) in [5.74, 6) is -2.28. The zero-order chi connectivity index (χ0) is 19.1. The molecule has 1 fully saturated rings. The third-order valence-electron chi connectivity index (χ3n) is 4.17. The molecule has 0 aromatic heterocycles. The topological polar surface area (TPSA) is 128 Å². The Kier molecular flexibility index (Phi) is 6.71. The van der Waals surface area contributed by atoms with Crippen molar-refractivity contribution >= 4 is 17.7 Å². The summed E-state index contributed by atoms with van der Waals surface area (Å²) < 4.78 is 15.6. The van der Waals surface area contributed by atoms with Crippen molar-refractivity contribution in [3.8, 4) is 0 Å². The Labute approximate surface area is 149 Å². The summed E-state index contributed by atoms with van der Waals surface area (Å²) in [5.41, 5.74) is 8.82. The second-order valence-electron chi connectivity index (χ2n) is 5.82. The van der Waals surface area contributed by atoms with Crippen molar-refractivity contribution in [3.05, 3.63) is 46.3 Å². The van der Waals surface area contributed by atoms with Gasteiger partial charge in [0.05, 0.1) is 25.3 Å². The molecule has 0 spiro atoms. The Morgan fingerprint density at radius 1 is 1.27 bits per heavy atom. The van der Waals surface area contributed by atoms with Crippen LogP contribution in [-0.2, 0) is 23.8 Å². The van der Waals surface area contributed by atoms with Gasteiger partial charge in [0, 0.05) is 10.8 Å². The first-order chi connectivity index (χ1) is 12.5. The van der Waals surface area contributed by atoms with E-state index in [2.05, 4.69) is 14.8 Å². The number of benzene rings is 1. The number of rotatable bonds is 7. The largest absolute Gasteiger partial charge is 0.469 e. The van der Waals surface area contributed by atoms with E-state index in [1.165, 1.54) is 7.11 Å². The number of hydrogen-bond acceptors (Lipinski definition) is 7. The fourth-order valence-electron chi connectivity index (χ4n) is 2.71. The van der Waals surface area contributed by atoms with Crippen molar-refractivity contribution in [2.45, 2.75) is 31.7 Å². The third-order valence-corrected chi connectivity index (χ3v) is 4.17. The molecule has 26 heavy (non-hydrogen) atoms. The van der Waals surface area contributed by atoms with Gasteiger partial charge >= 0.3 is 11.9 Å². The van der Waals surface area contributed by atoms with Crippen LogP contribution in [0.25, 0.3) is 10.4 Å². The summed E-state index contributed by atoms with van der Waals surface area (Å²) in [5, 5.41) is 3.46. The number of hydrogen-bond donors (Lipinski definition) is 0. The lowest BCUT2D eigenvalue weighted by Crippen LogP contribution is -2.38. The van der Waals surface area contributed by atoms with E-state index in [1.807, 2.05) is 0 Å². The average molecular weight is 361 g/mol. The fourth-order valence-corrected chi connectivity index (χ4v) is 2.71. The van der Waals surface area contributed by atoms with Gasteiger partial charge in [0.1, 0.15) is 12.5 Å². The maximum atomic E-state index is 12.4. The van der Waals surface area contributed by atoms with E-state index >= 15 is 0 Å². The minimum Gasteiger partial charge on any atom is -0.469 e. The van der Waals surface area contributed by atoms with Crippen molar-refractivity contribution in [1.82, 2.24) is 0 Å². The van der Waals surface area contributed by atoms with Gasteiger partial charge in [-0.15, -0.1) is 0 Å². The lowest BCUT2D eigenvalue weighted by Gasteiger charge is -2.20. The highest BCUT2D eigenvalue weighted by molar-refractivity contribution is 5.98. The summed E-state index contributed by atoms with van der Waals surface area (Å²) in [7, 11) is 1.17. The number of methoxy groups -OCH3 is 1. The van der Waals surface area contributed by atoms with Crippen molar-refractivity contribution in [2.24, 2.45) is 11.0 Å². The molecule has 0 amide bonds. The Bertz CT molecular complexity index is 716. The lowest BCUT2D eigenvalue weighted by molar-refractivity contribution is -0.147. The molecule has 9 nitrogen and oxygen atoms in total. The van der Waals surface area contributed by atoms with Crippen molar-refractivity contribution in [2.75, 3.05) is 13.7 Å². The second kappa shape index (κ2) is 8.98. The first kappa shape index (κ1) is 19.4. The molecule has 0 aliphatic carbocycles. The molecule has 1 saturated heterocycles. The van der Waals surface area contributed by atoms with Gasteiger partial charge < -0.3 is 14.2 Å². The number of carbonyl (C=O) groups excluding carboxylic acids is 3. The van der Waals surface area contributed by atoms with E-state index in [-0.39, 0.29) is 6.54 Å². The quantitative estimate of drug-likeness (QED) is 0.240. The van der Waals surface area contributed by atoms with Crippen LogP contribution in [0.4, 0.5) is 0 Å². The maximum absolute atomic E-state index is 12.4. The van der Waals surface area contributed by atoms with E-state index < -0.39 is 48.4 Å². The third kappa shape index (κ3) is 4.59. The zero-order valence-electron chi connectivity index (χ0n) is 14.4. The van der Waals surface area contributed by atoms with Crippen molar-refractivity contribution in [3.63, 3.8) is 0 Å². The van der Waals surface area contributed by atoms with E-state index in [0.29, 0.717) is 5.56 Å². The molecule has 0 N–H and O–H groups in total. The summed E-state index contributed by atoms with van der Waals surface area (Å²) in [4.78, 5) is 38.8. The van der Waals surface area contributed by atoms with Crippen LogP contribution < -0.4 is 0 Å². The van der Waals surface area contributed by atoms with Crippen LogP contribution in [0.1, 0.15) is 23.7 Å². The molecule has 9 heteroatoms. The first-order valence-corrected chi connectivity index (χ1v) is 7.99. The molecule has 2 rings (SSSR count). The predicted octanol–water partition coefficient (Wildman–Crippen LogP) is 2.06. The zero-order valence-corrected chi connectivity index (χ0v) is 14.4. The molecule has 1 heterocycles. The highest BCUT2D eigenvalue weighted by Crippen LogP contribution is 2.31. The average Bonchev–Trinajstić information content (AvgIpc) is 2.96. The van der Waals surface area contributed by atoms with E-state index in [1.54, 1.807) is 37.3 Å². The van der Waals surface area contributed by atoms with Crippen LogP contribution in [0.2, 0.25) is 0 Å². The number of esters is 2. The summed E-state index contributed by atoms with van der Waals surface area (Å²) in [6.07, 6.45) is -3.14. The molecule has 0 saturated carbocycles. The maximum Gasteiger partial charge on any atom is 0.338 e. The molecule has 138 valence electrons. The van der Waals surface area contributed by atoms with Crippen LogP contribution in [0, 0.1) is 5.92 Å². The molecule has 0 bridgehead atoms. The number of Topliss-reactive ketones (excluding diaryl/α,β-unsaturated/α-hetero) is 1. The van der Waals surface area contributed by atoms with Gasteiger partial charge in [-0.25, -0.2) is 4.79 Å². The molecule has 0 unspecified atom stereocenters. The lowest BCUT2D eigenvalue weighted by atomic mass is 9.95. The fraction of sp³-hybridized carbons (Fsp3) is 0.471. The first-order valence-electron chi connectivity index (χ1n) is 7.99. The van der Waals surface area contributed by atoms with Gasteiger partial charge in [0.2, 0.25) is 0 Å². The van der Waals surface area contributed by atoms with Gasteiger partial charge in [-0.3, -0.25) is 9.59 Å². The summed E-state index contributed by atoms with van der Waals surface area (Å²) >= 11 is 0. The molecule has 1 aromatic carbocycles. The van der Waals surface area contributed by atoms with Crippen molar-refractivity contribution < 1.29 is 28.6 Å². The smallest absolute Gasteiger partial charge is 0.338 e. The van der Waals surface area contributed by atoms with Gasteiger partial charge in [-0.2, -0.15) is 0 Å². The van der Waals surface area contributed by atoms with Crippen molar-refractivity contribution in [1.29, 1.82) is 0 Å². The van der Waals surface area contributed by atoms with Gasteiger partial charge in [0.25, 0.3) is 0 Å². The molecule has 1 aromatic rings. The van der Waals surface area contributed by atoms with E-state index in [0.717, 1.165) is 0 Å². The normalized spacial score (nSPS) is 24.4. The highest BCUT2D eigenvalue weighted by Gasteiger charge is 2.47. The van der Waals surface area contributed by atoms with Gasteiger partial charge in [-0.05, 0) is 17.7 Å². The number of ketones is 1. The van der Waals surface area contributed by atoms with Gasteiger partial charge in [0.15, 0.2) is 11.9 Å². The highest BCUT2D eigenvalue weighted by atomic mass is 16.6. The summed E-state index contributed by atoms with van der Waals surface area (Å²) in [6.45, 7) is 1.71. The van der Waals surface area contributed by atoms with Crippen LogP contribution in [0.5, 0.6) is 0 Å². The van der Waals surface area contributed by atoms with Crippen LogP contribution in [0.3, 0.4) is 0 Å². The molecule has 1 aliphatic rings. The van der Waals surface area contributed by atoms with Gasteiger partial charge in [-0.1, -0.05) is 30.2 Å². The minimum atomic E-state index is -1.13. The van der Waals surface area contributed by atoms with E-state index in [9.17, 15) is 14.4 Å². The molecule has 1 aliphatic heterocycles.